The van der Waals surface area contributed by atoms with Crippen molar-refractivity contribution in [3.63, 3.8) is 0 Å². The van der Waals surface area contributed by atoms with Crippen LogP contribution in [0, 0.1) is 18.2 Å². The molecule has 2 aliphatic heterocycles. The van der Waals surface area contributed by atoms with Gasteiger partial charge in [-0.05, 0) is 42.7 Å². The molecular weight excluding hydrogens is 581 g/mol. The van der Waals surface area contributed by atoms with E-state index < -0.39 is 35.9 Å². The topological polar surface area (TPSA) is 56.8 Å². The quantitative estimate of drug-likeness (QED) is 0.171. The van der Waals surface area contributed by atoms with Crippen molar-refractivity contribution in [3.8, 4) is 5.88 Å². The molecule has 6 rings (SSSR count). The average molecular weight is 604 g/mol. The van der Waals surface area contributed by atoms with Gasteiger partial charge in [0.1, 0.15) is 29.3 Å². The molecule has 0 spiro atoms. The van der Waals surface area contributed by atoms with E-state index in [1.165, 1.54) is 18.2 Å². The van der Waals surface area contributed by atoms with E-state index in [2.05, 4.69) is 14.8 Å². The van der Waals surface area contributed by atoms with Gasteiger partial charge in [0.25, 0.3) is 0 Å². The Bertz CT molecular complexity index is 1710. The second-order valence-corrected chi connectivity index (χ2v) is 10.7. The summed E-state index contributed by atoms with van der Waals surface area (Å²) in [4.78, 5) is 14.0. The molecule has 0 N–H and O–H groups in total. The summed E-state index contributed by atoms with van der Waals surface area (Å²) in [6.45, 7) is 8.74. The van der Waals surface area contributed by atoms with Crippen LogP contribution in [0.3, 0.4) is 0 Å². The lowest BCUT2D eigenvalue weighted by molar-refractivity contribution is -0.139. The predicted molar refractivity (Wildman–Crippen MR) is 143 cm³/mol. The maximum absolute atomic E-state index is 15.0. The largest absolute Gasteiger partial charge is 0.472 e. The third-order valence-electron chi connectivity index (χ3n) is 7.49. The van der Waals surface area contributed by atoms with E-state index in [0.717, 1.165) is 18.6 Å². The Morgan fingerprint density at radius 1 is 1.14 bits per heavy atom. The van der Waals surface area contributed by atoms with E-state index in [1.54, 1.807) is 6.07 Å². The van der Waals surface area contributed by atoms with Crippen molar-refractivity contribution in [2.45, 2.75) is 51.4 Å². The van der Waals surface area contributed by atoms with Crippen LogP contribution in [0.15, 0.2) is 36.4 Å². The van der Waals surface area contributed by atoms with E-state index >= 15 is 4.39 Å². The molecule has 2 aliphatic rings. The highest BCUT2D eigenvalue weighted by Gasteiger charge is 2.37. The van der Waals surface area contributed by atoms with Gasteiger partial charge in [-0.1, -0.05) is 23.7 Å². The molecule has 1 atom stereocenters. The van der Waals surface area contributed by atoms with Gasteiger partial charge in [-0.2, -0.15) is 13.2 Å². The van der Waals surface area contributed by atoms with Crippen molar-refractivity contribution in [3.05, 3.63) is 92.7 Å². The number of fused-ring (bicyclic) bond motifs is 2. The van der Waals surface area contributed by atoms with Crippen molar-refractivity contribution < 1.29 is 31.4 Å². The van der Waals surface area contributed by atoms with Gasteiger partial charge in [0.2, 0.25) is 11.6 Å². The van der Waals surface area contributed by atoms with Crippen LogP contribution in [-0.4, -0.2) is 38.7 Å². The predicted octanol–water partition coefficient (Wildman–Crippen LogP) is 6.86. The molecule has 1 fully saturated rings. The maximum atomic E-state index is 15.0. The van der Waals surface area contributed by atoms with Crippen molar-refractivity contribution in [2.75, 3.05) is 13.2 Å². The molecule has 7 nitrogen and oxygen atoms in total. The third-order valence-corrected chi connectivity index (χ3v) is 7.73. The Kier molecular flexibility index (Phi) is 7.51. The van der Waals surface area contributed by atoms with Crippen LogP contribution in [0.5, 0.6) is 5.88 Å². The minimum Gasteiger partial charge on any atom is -0.472 e. The zero-order valence-electron chi connectivity index (χ0n) is 22.0. The Morgan fingerprint density at radius 2 is 1.95 bits per heavy atom. The van der Waals surface area contributed by atoms with Gasteiger partial charge >= 0.3 is 6.18 Å². The third kappa shape index (κ3) is 5.52. The smallest absolute Gasteiger partial charge is 0.421 e. The number of hydrogen-bond donors (Lipinski definition) is 0. The number of hydrogen-bond acceptors (Lipinski definition) is 5. The Hall–Kier alpha value is -3.79. The van der Waals surface area contributed by atoms with E-state index in [1.807, 2.05) is 9.47 Å². The van der Waals surface area contributed by atoms with Crippen LogP contribution in [-0.2, 0) is 43.6 Å². The molecule has 0 aliphatic carbocycles. The second-order valence-electron chi connectivity index (χ2n) is 10.2. The SMILES string of the molecule is [C-]#[N+]c1ccc2c(nc(CN3CCc4cc(C(F)(F)F)c(OCc5ccc(Cl)cc5F)nc4C3)n2C[C@@H]2CCO2)c1F. The molecule has 2 aromatic heterocycles. The number of benzene rings is 2. The van der Waals surface area contributed by atoms with Gasteiger partial charge in [-0.3, -0.25) is 4.90 Å². The molecule has 0 amide bonds. The first-order chi connectivity index (χ1) is 20.1. The first-order valence-electron chi connectivity index (χ1n) is 13.2. The van der Waals surface area contributed by atoms with Gasteiger partial charge in [-0.25, -0.2) is 23.6 Å². The number of halogens is 6. The monoisotopic (exact) mass is 603 g/mol. The Balaban J connectivity index is 1.28. The molecule has 0 unspecified atom stereocenters. The summed E-state index contributed by atoms with van der Waals surface area (Å²) in [7, 11) is 0. The molecule has 0 saturated carbocycles. The van der Waals surface area contributed by atoms with Gasteiger partial charge in [0.15, 0.2) is 5.82 Å². The molecule has 0 bridgehead atoms. The van der Waals surface area contributed by atoms with E-state index in [4.69, 9.17) is 27.6 Å². The fraction of sp³-hybridized carbons (Fsp3) is 0.345. The average Bonchev–Trinajstić information content (AvgIpc) is 3.26. The summed E-state index contributed by atoms with van der Waals surface area (Å²) in [6.07, 6.45) is -3.62. The number of alkyl halides is 3. The lowest BCUT2D eigenvalue weighted by Crippen LogP contribution is -2.34. The van der Waals surface area contributed by atoms with Gasteiger partial charge in [0, 0.05) is 30.3 Å². The summed E-state index contributed by atoms with van der Waals surface area (Å²) in [6, 6.07) is 7.95. The van der Waals surface area contributed by atoms with E-state index in [0.29, 0.717) is 48.7 Å². The summed E-state index contributed by atoms with van der Waals surface area (Å²) in [5.74, 6) is -1.48. The van der Waals surface area contributed by atoms with Crippen LogP contribution < -0.4 is 4.74 Å². The van der Waals surface area contributed by atoms with Crippen molar-refractivity contribution in [1.29, 1.82) is 0 Å². The molecule has 2 aromatic carbocycles. The molecule has 1 saturated heterocycles. The number of rotatable bonds is 7. The normalized spacial score (nSPS) is 17.1. The lowest BCUT2D eigenvalue weighted by Gasteiger charge is -2.30. The van der Waals surface area contributed by atoms with Crippen LogP contribution in [0.25, 0.3) is 15.9 Å². The van der Waals surface area contributed by atoms with Crippen molar-refractivity contribution in [1.82, 2.24) is 19.4 Å². The molecule has 4 heterocycles. The summed E-state index contributed by atoms with van der Waals surface area (Å²) in [5.41, 5.74) is 0.351. The second kappa shape index (κ2) is 11.1. The minimum atomic E-state index is -4.73. The van der Waals surface area contributed by atoms with Crippen LogP contribution >= 0.6 is 11.6 Å². The zero-order chi connectivity index (χ0) is 29.6. The van der Waals surface area contributed by atoms with E-state index in [9.17, 15) is 17.6 Å². The highest BCUT2D eigenvalue weighted by atomic mass is 35.5. The highest BCUT2D eigenvalue weighted by Crippen LogP contribution is 2.38. The Labute approximate surface area is 242 Å². The van der Waals surface area contributed by atoms with Gasteiger partial charge in [-0.15, -0.1) is 0 Å². The number of ether oxygens (including phenoxy) is 2. The molecular formula is C29H23ClF5N5O2. The number of aromatic nitrogens is 3. The highest BCUT2D eigenvalue weighted by molar-refractivity contribution is 6.30. The molecule has 42 heavy (non-hydrogen) atoms. The maximum Gasteiger partial charge on any atom is 0.421 e. The first-order valence-corrected chi connectivity index (χ1v) is 13.5. The van der Waals surface area contributed by atoms with Gasteiger partial charge < -0.3 is 14.0 Å². The summed E-state index contributed by atoms with van der Waals surface area (Å²) in [5, 5.41) is 0.155. The van der Waals surface area contributed by atoms with Crippen molar-refractivity contribution in [2.24, 2.45) is 0 Å². The van der Waals surface area contributed by atoms with E-state index in [-0.39, 0.29) is 41.0 Å². The molecule has 4 aromatic rings. The summed E-state index contributed by atoms with van der Waals surface area (Å²) >= 11 is 5.77. The van der Waals surface area contributed by atoms with Crippen LogP contribution in [0.1, 0.15) is 34.6 Å². The molecule has 0 radical (unpaired) electrons. The standard InChI is InChI=1S/C29H23ClF5N5O2/c1-36-22-4-5-24-27(26(22)32)38-25(40(24)12-19-7-9-41-19)14-39-8-6-16-10-20(29(33,34)35)28(37-23(16)13-39)42-15-17-2-3-18(30)11-21(17)31/h2-5,10-11,19H,6-9,12-15H2/t19-/m0/s1. The molecule has 218 valence electrons. The summed E-state index contributed by atoms with van der Waals surface area (Å²) < 4.78 is 83.9. The molecule has 13 heteroatoms. The van der Waals surface area contributed by atoms with Crippen molar-refractivity contribution >= 4 is 28.3 Å². The number of pyridine rings is 1. The Morgan fingerprint density at radius 3 is 2.64 bits per heavy atom. The number of imidazole rings is 1. The van der Waals surface area contributed by atoms with Gasteiger partial charge in [0.05, 0.1) is 37.0 Å². The van der Waals surface area contributed by atoms with Crippen LogP contribution in [0.4, 0.5) is 27.6 Å². The zero-order valence-corrected chi connectivity index (χ0v) is 22.8. The lowest BCUT2D eigenvalue weighted by atomic mass is 10.0. The fourth-order valence-electron chi connectivity index (χ4n) is 5.17. The first kappa shape index (κ1) is 28.3. The fourth-order valence-corrected chi connectivity index (χ4v) is 5.33. The minimum absolute atomic E-state index is 0.0385. The van der Waals surface area contributed by atoms with Crippen LogP contribution in [0.2, 0.25) is 5.02 Å². The number of nitrogens with zero attached hydrogens (tertiary/aromatic N) is 5.